The van der Waals surface area contributed by atoms with E-state index in [-0.39, 0.29) is 5.91 Å². The van der Waals surface area contributed by atoms with Gasteiger partial charge in [-0.15, -0.1) is 0 Å². The van der Waals surface area contributed by atoms with Gasteiger partial charge in [0.2, 0.25) is 5.91 Å². The van der Waals surface area contributed by atoms with Crippen LogP contribution in [0.4, 0.5) is 0 Å². The molecular weight excluding hydrogens is 264 g/mol. The zero-order chi connectivity index (χ0) is 15.4. The summed E-state index contributed by atoms with van der Waals surface area (Å²) in [6, 6.07) is 0.651. The fourth-order valence-electron chi connectivity index (χ4n) is 3.13. The minimum absolute atomic E-state index is 0.0962. The van der Waals surface area contributed by atoms with Gasteiger partial charge in [0.1, 0.15) is 0 Å². The molecule has 0 aliphatic carbocycles. The van der Waals surface area contributed by atoms with Crippen LogP contribution in [-0.4, -0.2) is 46.3 Å². The van der Waals surface area contributed by atoms with Crippen LogP contribution in [0.1, 0.15) is 43.1 Å². The summed E-state index contributed by atoms with van der Waals surface area (Å²) in [4.78, 5) is 14.6. The van der Waals surface area contributed by atoms with Gasteiger partial charge in [-0.2, -0.15) is 5.10 Å². The molecule has 0 radical (unpaired) electrons. The van der Waals surface area contributed by atoms with Crippen LogP contribution in [0.15, 0.2) is 0 Å². The molecule has 1 unspecified atom stereocenters. The quantitative estimate of drug-likeness (QED) is 0.896. The van der Waals surface area contributed by atoms with Gasteiger partial charge < -0.3 is 5.32 Å². The molecule has 1 atom stereocenters. The van der Waals surface area contributed by atoms with Crippen LogP contribution in [0.3, 0.4) is 0 Å². The molecule has 0 spiro atoms. The second kappa shape index (κ2) is 7.07. The fraction of sp³-hybridized carbons (Fsp3) is 0.750. The number of carbonyl (C=O) groups is 1. The van der Waals surface area contributed by atoms with Gasteiger partial charge >= 0.3 is 0 Å². The number of aromatic nitrogens is 2. The molecule has 5 heteroatoms. The van der Waals surface area contributed by atoms with E-state index < -0.39 is 0 Å². The number of likely N-dealkylation sites (tertiary alicyclic amines) is 1. The van der Waals surface area contributed by atoms with Crippen LogP contribution in [-0.2, 0) is 18.3 Å². The highest BCUT2D eigenvalue weighted by molar-refractivity contribution is 5.79. The first-order valence-electron chi connectivity index (χ1n) is 7.99. The number of rotatable bonds is 5. The molecule has 1 fully saturated rings. The lowest BCUT2D eigenvalue weighted by atomic mass is 10.0. The fourth-order valence-corrected chi connectivity index (χ4v) is 3.13. The molecule has 0 aromatic carbocycles. The minimum atomic E-state index is 0.0962. The van der Waals surface area contributed by atoms with Crippen molar-refractivity contribution in [3.05, 3.63) is 17.0 Å². The third kappa shape index (κ3) is 4.06. The lowest BCUT2D eigenvalue weighted by molar-refractivity contribution is -0.120. The predicted molar refractivity (Wildman–Crippen MR) is 84.3 cm³/mol. The summed E-state index contributed by atoms with van der Waals surface area (Å²) in [5.41, 5.74) is 3.09. The normalized spacial score (nSPS) is 19.7. The maximum Gasteiger partial charge on any atom is 0.224 e. The third-order valence-electron chi connectivity index (χ3n) is 4.66. The van der Waals surface area contributed by atoms with Crippen molar-refractivity contribution in [3.63, 3.8) is 0 Å². The molecule has 1 saturated heterocycles. The summed E-state index contributed by atoms with van der Waals surface area (Å²) in [5.74, 6) is 0.0962. The average molecular weight is 292 g/mol. The van der Waals surface area contributed by atoms with Crippen LogP contribution < -0.4 is 5.32 Å². The summed E-state index contributed by atoms with van der Waals surface area (Å²) in [7, 11) is 1.92. The molecule has 2 rings (SSSR count). The van der Waals surface area contributed by atoms with Crippen molar-refractivity contribution >= 4 is 5.91 Å². The molecule has 0 saturated carbocycles. The van der Waals surface area contributed by atoms with Crippen LogP contribution in [0, 0.1) is 13.8 Å². The maximum absolute atomic E-state index is 12.1. The monoisotopic (exact) mass is 292 g/mol. The highest BCUT2D eigenvalue weighted by Crippen LogP contribution is 2.15. The second-order valence-corrected chi connectivity index (χ2v) is 6.18. The van der Waals surface area contributed by atoms with Crippen molar-refractivity contribution in [2.75, 3.05) is 19.6 Å². The van der Waals surface area contributed by atoms with Gasteiger partial charge in [0.25, 0.3) is 0 Å². The Bertz CT molecular complexity index is 495. The lowest BCUT2D eigenvalue weighted by Gasteiger charge is -2.33. The van der Waals surface area contributed by atoms with E-state index in [4.69, 9.17) is 0 Å². The highest BCUT2D eigenvalue weighted by atomic mass is 16.1. The van der Waals surface area contributed by atoms with Crippen molar-refractivity contribution in [1.29, 1.82) is 0 Å². The zero-order valence-corrected chi connectivity index (χ0v) is 13.8. The standard InChI is InChI=1S/C16H28N4O/c1-12-7-5-6-9-20(12)10-8-17-16(21)11-15-13(2)18-19(4)14(15)3/h12H,5-11H2,1-4H3,(H,17,21). The zero-order valence-electron chi connectivity index (χ0n) is 13.8. The number of amides is 1. The van der Waals surface area contributed by atoms with Crippen molar-refractivity contribution < 1.29 is 4.79 Å². The van der Waals surface area contributed by atoms with E-state index in [1.54, 1.807) is 0 Å². The van der Waals surface area contributed by atoms with Crippen molar-refractivity contribution in [3.8, 4) is 0 Å². The van der Waals surface area contributed by atoms with Crippen molar-refractivity contribution in [2.45, 2.75) is 52.5 Å². The molecule has 1 aliphatic heterocycles. The van der Waals surface area contributed by atoms with E-state index in [9.17, 15) is 4.79 Å². The summed E-state index contributed by atoms with van der Waals surface area (Å²) >= 11 is 0. The predicted octanol–water partition coefficient (Wildman–Crippen LogP) is 1.57. The molecule has 1 aromatic heterocycles. The molecule has 1 aliphatic rings. The van der Waals surface area contributed by atoms with Gasteiger partial charge in [0.15, 0.2) is 0 Å². The first-order chi connectivity index (χ1) is 9.99. The first kappa shape index (κ1) is 16.0. The first-order valence-corrected chi connectivity index (χ1v) is 7.99. The summed E-state index contributed by atoms with van der Waals surface area (Å²) < 4.78 is 1.84. The van der Waals surface area contributed by atoms with Crippen LogP contribution in [0.2, 0.25) is 0 Å². The van der Waals surface area contributed by atoms with E-state index in [0.29, 0.717) is 12.5 Å². The molecular formula is C16H28N4O. The molecule has 0 bridgehead atoms. The van der Waals surface area contributed by atoms with E-state index in [1.165, 1.54) is 19.3 Å². The molecule has 1 amide bonds. The topological polar surface area (TPSA) is 50.2 Å². The Morgan fingerprint density at radius 1 is 1.38 bits per heavy atom. The van der Waals surface area contributed by atoms with Gasteiger partial charge in [-0.25, -0.2) is 0 Å². The Balaban J connectivity index is 1.77. The van der Waals surface area contributed by atoms with Gasteiger partial charge in [-0.05, 0) is 40.2 Å². The van der Waals surface area contributed by atoms with Crippen LogP contribution in [0.5, 0.6) is 0 Å². The highest BCUT2D eigenvalue weighted by Gasteiger charge is 2.18. The van der Waals surface area contributed by atoms with Gasteiger partial charge in [-0.1, -0.05) is 6.42 Å². The maximum atomic E-state index is 12.1. The number of nitrogens with zero attached hydrogens (tertiary/aromatic N) is 3. The Hall–Kier alpha value is -1.36. The number of nitrogens with one attached hydrogen (secondary N) is 1. The van der Waals surface area contributed by atoms with Gasteiger partial charge in [0.05, 0.1) is 12.1 Å². The number of piperidine rings is 1. The smallest absolute Gasteiger partial charge is 0.224 e. The molecule has 1 N–H and O–H groups in total. The van der Waals surface area contributed by atoms with Crippen molar-refractivity contribution in [2.24, 2.45) is 7.05 Å². The number of carbonyl (C=O) groups excluding carboxylic acids is 1. The van der Waals surface area contributed by atoms with Crippen molar-refractivity contribution in [1.82, 2.24) is 20.0 Å². The lowest BCUT2D eigenvalue weighted by Crippen LogP contribution is -2.42. The molecule has 5 nitrogen and oxygen atoms in total. The molecule has 118 valence electrons. The third-order valence-corrected chi connectivity index (χ3v) is 4.66. The van der Waals surface area contributed by atoms with Crippen LogP contribution >= 0.6 is 0 Å². The Morgan fingerprint density at radius 3 is 2.76 bits per heavy atom. The van der Waals surface area contributed by atoms with E-state index >= 15 is 0 Å². The SMILES string of the molecule is Cc1nn(C)c(C)c1CC(=O)NCCN1CCCCC1C. The number of hydrogen-bond donors (Lipinski definition) is 1. The van der Waals surface area contributed by atoms with E-state index in [2.05, 4.69) is 22.2 Å². The van der Waals surface area contributed by atoms with E-state index in [1.807, 2.05) is 25.6 Å². The molecule has 1 aromatic rings. The van der Waals surface area contributed by atoms with E-state index in [0.717, 1.165) is 36.6 Å². The second-order valence-electron chi connectivity index (χ2n) is 6.18. The average Bonchev–Trinajstić information content (AvgIpc) is 2.68. The molecule has 21 heavy (non-hydrogen) atoms. The summed E-state index contributed by atoms with van der Waals surface area (Å²) in [6.45, 7) is 9.11. The minimum Gasteiger partial charge on any atom is -0.355 e. The summed E-state index contributed by atoms with van der Waals surface area (Å²) in [6.07, 6.45) is 4.33. The Kier molecular flexibility index (Phi) is 5.39. The number of hydrogen-bond acceptors (Lipinski definition) is 3. The Labute approximate surface area is 127 Å². The summed E-state index contributed by atoms with van der Waals surface area (Å²) in [5, 5.41) is 7.40. The van der Waals surface area contributed by atoms with Crippen LogP contribution in [0.25, 0.3) is 0 Å². The Morgan fingerprint density at radius 2 is 2.14 bits per heavy atom. The number of aryl methyl sites for hydroxylation is 2. The molecule has 2 heterocycles. The largest absolute Gasteiger partial charge is 0.355 e. The van der Waals surface area contributed by atoms with Gasteiger partial charge in [-0.3, -0.25) is 14.4 Å². The van der Waals surface area contributed by atoms with Gasteiger partial charge in [0, 0.05) is 37.4 Å².